The molecule has 1 aliphatic heterocycles. The zero-order valence-electron chi connectivity index (χ0n) is 10.7. The molecular formula is C13H14N2O5. The molecule has 7 nitrogen and oxygen atoms in total. The number of hydrogen-bond acceptors (Lipinski definition) is 5. The van der Waals surface area contributed by atoms with Gasteiger partial charge in [-0.25, -0.2) is 0 Å². The van der Waals surface area contributed by atoms with Crippen LogP contribution in [0.5, 0.6) is 11.5 Å². The molecule has 0 spiro atoms. The number of nitrogens with one attached hydrogen (secondary N) is 1. The van der Waals surface area contributed by atoms with Crippen LogP contribution in [0.25, 0.3) is 0 Å². The summed E-state index contributed by atoms with van der Waals surface area (Å²) in [6, 6.07) is 4.74. The van der Waals surface area contributed by atoms with Gasteiger partial charge in [-0.2, -0.15) is 0 Å². The Kier molecular flexibility index (Phi) is 3.17. The summed E-state index contributed by atoms with van der Waals surface area (Å²) in [5, 5.41) is 13.2. The molecule has 2 atom stereocenters. The minimum atomic E-state index is -0.713. The van der Waals surface area contributed by atoms with Gasteiger partial charge < -0.3 is 14.8 Å². The smallest absolute Gasteiger partial charge is 0.230 e. The van der Waals surface area contributed by atoms with Gasteiger partial charge in [0.15, 0.2) is 11.5 Å². The number of ether oxygens (including phenoxy) is 2. The van der Waals surface area contributed by atoms with Crippen molar-refractivity contribution < 1.29 is 19.2 Å². The van der Waals surface area contributed by atoms with Crippen molar-refractivity contribution in [2.45, 2.75) is 19.0 Å². The maximum atomic E-state index is 11.7. The van der Waals surface area contributed by atoms with Gasteiger partial charge in [0.1, 0.15) is 19.1 Å². The van der Waals surface area contributed by atoms with Crippen molar-refractivity contribution in [3.05, 3.63) is 33.9 Å². The second kappa shape index (κ2) is 4.99. The van der Waals surface area contributed by atoms with Crippen molar-refractivity contribution in [2.24, 2.45) is 5.92 Å². The van der Waals surface area contributed by atoms with Gasteiger partial charge in [0.2, 0.25) is 11.9 Å². The third-order valence-electron chi connectivity index (χ3n) is 3.44. The first-order valence-corrected chi connectivity index (χ1v) is 6.45. The van der Waals surface area contributed by atoms with E-state index >= 15 is 0 Å². The van der Waals surface area contributed by atoms with Gasteiger partial charge >= 0.3 is 0 Å². The van der Waals surface area contributed by atoms with E-state index in [1.165, 1.54) is 0 Å². The molecule has 1 aromatic carbocycles. The molecule has 1 heterocycles. The number of nitrogens with zero attached hydrogens (tertiary/aromatic N) is 1. The summed E-state index contributed by atoms with van der Waals surface area (Å²) in [4.78, 5) is 21.8. The zero-order valence-corrected chi connectivity index (χ0v) is 10.7. The molecule has 2 aliphatic rings. The molecule has 1 amide bonds. The first-order valence-electron chi connectivity index (χ1n) is 6.45. The lowest BCUT2D eigenvalue weighted by atomic mass is 10.2. The molecule has 1 aromatic rings. The van der Waals surface area contributed by atoms with Crippen molar-refractivity contribution in [3.63, 3.8) is 0 Å². The van der Waals surface area contributed by atoms with Crippen LogP contribution >= 0.6 is 0 Å². The van der Waals surface area contributed by atoms with Crippen LogP contribution in [0.3, 0.4) is 0 Å². The first kappa shape index (κ1) is 12.7. The van der Waals surface area contributed by atoms with Crippen LogP contribution in [0, 0.1) is 16.0 Å². The normalized spacial score (nSPS) is 23.0. The van der Waals surface area contributed by atoms with Crippen LogP contribution in [0.2, 0.25) is 0 Å². The molecule has 0 aromatic heterocycles. The van der Waals surface area contributed by atoms with Gasteiger partial charge in [0, 0.05) is 17.9 Å². The average Bonchev–Trinajstić information content (AvgIpc) is 3.25. The largest absolute Gasteiger partial charge is 0.486 e. The second-order valence-electron chi connectivity index (χ2n) is 4.89. The molecule has 0 radical (unpaired) electrons. The van der Waals surface area contributed by atoms with E-state index in [0.29, 0.717) is 37.7 Å². The molecule has 1 aliphatic carbocycles. The number of fused-ring (bicyclic) bond motifs is 1. The Bertz CT molecular complexity index is 560. The van der Waals surface area contributed by atoms with Gasteiger partial charge in [-0.15, -0.1) is 0 Å². The highest BCUT2D eigenvalue weighted by atomic mass is 16.6. The highest BCUT2D eigenvalue weighted by molar-refractivity contribution is 5.81. The Hall–Kier alpha value is -2.31. The quantitative estimate of drug-likeness (QED) is 0.648. The molecule has 1 N–H and O–H groups in total. The van der Waals surface area contributed by atoms with E-state index < -0.39 is 16.9 Å². The molecule has 3 rings (SSSR count). The number of nitro groups is 1. The molecule has 0 saturated heterocycles. The number of rotatable bonds is 4. The van der Waals surface area contributed by atoms with E-state index in [0.717, 1.165) is 5.56 Å². The van der Waals surface area contributed by atoms with Crippen molar-refractivity contribution >= 4 is 5.91 Å². The average molecular weight is 278 g/mol. The van der Waals surface area contributed by atoms with Crippen LogP contribution in [-0.4, -0.2) is 30.1 Å². The van der Waals surface area contributed by atoms with E-state index in [-0.39, 0.29) is 5.91 Å². The number of hydrogen-bond donors (Lipinski definition) is 1. The van der Waals surface area contributed by atoms with Gasteiger partial charge in [-0.3, -0.25) is 14.9 Å². The molecule has 20 heavy (non-hydrogen) atoms. The van der Waals surface area contributed by atoms with Gasteiger partial charge in [0.25, 0.3) is 0 Å². The topological polar surface area (TPSA) is 90.7 Å². The van der Waals surface area contributed by atoms with Crippen LogP contribution < -0.4 is 14.8 Å². The molecule has 7 heteroatoms. The highest BCUT2D eigenvalue weighted by Gasteiger charge is 2.53. The van der Waals surface area contributed by atoms with Crippen molar-refractivity contribution in [2.75, 3.05) is 13.2 Å². The van der Waals surface area contributed by atoms with E-state index in [1.54, 1.807) is 6.07 Å². The number of carbonyl (C=O) groups excluding carboxylic acids is 1. The number of benzene rings is 1. The summed E-state index contributed by atoms with van der Waals surface area (Å²) in [6.45, 7) is 1.37. The maximum Gasteiger partial charge on any atom is 0.230 e. The molecule has 106 valence electrons. The Balaban J connectivity index is 1.56. The Morgan fingerprint density at radius 3 is 2.80 bits per heavy atom. The summed E-state index contributed by atoms with van der Waals surface area (Å²) < 4.78 is 10.9. The fraction of sp³-hybridized carbons (Fsp3) is 0.462. The fourth-order valence-electron chi connectivity index (χ4n) is 2.21. The summed E-state index contributed by atoms with van der Waals surface area (Å²) in [5.74, 6) is 0.614. The van der Waals surface area contributed by atoms with Crippen molar-refractivity contribution in [1.82, 2.24) is 5.32 Å². The molecular weight excluding hydrogens is 264 g/mol. The highest BCUT2D eigenvalue weighted by Crippen LogP contribution is 2.33. The lowest BCUT2D eigenvalue weighted by Gasteiger charge is -2.18. The number of carbonyl (C=O) groups is 1. The van der Waals surface area contributed by atoms with E-state index in [1.807, 2.05) is 12.1 Å². The van der Waals surface area contributed by atoms with Crippen LogP contribution in [0.4, 0.5) is 0 Å². The summed E-state index contributed by atoms with van der Waals surface area (Å²) in [7, 11) is 0. The second-order valence-corrected chi connectivity index (χ2v) is 4.89. The lowest BCUT2D eigenvalue weighted by molar-refractivity contribution is -0.497. The zero-order chi connectivity index (χ0) is 14.1. The van der Waals surface area contributed by atoms with Gasteiger partial charge in [-0.1, -0.05) is 6.07 Å². The minimum Gasteiger partial charge on any atom is -0.486 e. The Morgan fingerprint density at radius 1 is 1.35 bits per heavy atom. The summed E-state index contributed by atoms with van der Waals surface area (Å²) >= 11 is 0. The van der Waals surface area contributed by atoms with E-state index in [2.05, 4.69) is 5.32 Å². The van der Waals surface area contributed by atoms with Crippen molar-refractivity contribution in [1.29, 1.82) is 0 Å². The van der Waals surface area contributed by atoms with Gasteiger partial charge in [0.05, 0.1) is 0 Å². The predicted molar refractivity (Wildman–Crippen MR) is 68.2 cm³/mol. The monoisotopic (exact) mass is 278 g/mol. The molecule has 1 fully saturated rings. The fourth-order valence-corrected chi connectivity index (χ4v) is 2.21. The Morgan fingerprint density at radius 2 is 2.10 bits per heavy atom. The van der Waals surface area contributed by atoms with E-state index in [4.69, 9.17) is 9.47 Å². The van der Waals surface area contributed by atoms with Gasteiger partial charge in [-0.05, 0) is 17.7 Å². The summed E-state index contributed by atoms with van der Waals surface area (Å²) in [6.07, 6.45) is 0.333. The third kappa shape index (κ3) is 2.52. The minimum absolute atomic E-state index is 0.262. The predicted octanol–water partition coefficient (Wildman–Crippen LogP) is 0.739. The third-order valence-corrected chi connectivity index (χ3v) is 3.44. The van der Waals surface area contributed by atoms with Crippen LogP contribution in [0.15, 0.2) is 18.2 Å². The molecule has 0 unspecified atom stereocenters. The van der Waals surface area contributed by atoms with E-state index in [9.17, 15) is 14.9 Å². The molecule has 0 bridgehead atoms. The first-order chi connectivity index (χ1) is 9.65. The van der Waals surface area contributed by atoms with Crippen LogP contribution in [-0.2, 0) is 11.3 Å². The van der Waals surface area contributed by atoms with Crippen LogP contribution in [0.1, 0.15) is 12.0 Å². The SMILES string of the molecule is O=C(NCc1ccc2c(c1)OCCO2)[C@@H]1C[C@@H]1[N+](=O)[O-]. The van der Waals surface area contributed by atoms with Crippen molar-refractivity contribution in [3.8, 4) is 11.5 Å². The number of amides is 1. The summed E-state index contributed by atoms with van der Waals surface area (Å²) in [5.41, 5.74) is 0.876. The maximum absolute atomic E-state index is 11.7. The lowest BCUT2D eigenvalue weighted by Crippen LogP contribution is -2.27. The standard InChI is InChI=1S/C13H14N2O5/c16-13(9-6-10(9)15(17)18)14-7-8-1-2-11-12(5-8)20-4-3-19-11/h1-2,5,9-10H,3-4,6-7H2,(H,14,16)/t9-,10+/m1/s1. The molecule has 1 saturated carbocycles. The Labute approximate surface area is 115 Å².